The molecule has 0 saturated heterocycles. The van der Waals surface area contributed by atoms with Gasteiger partial charge in [0, 0.05) is 46.7 Å². The molecule has 14 heteroatoms. The number of ether oxygens (including phenoxy) is 2. The molecular formula is C22H20F3N5O5S. The molecule has 0 aliphatic heterocycles. The molecule has 0 aromatic carbocycles. The molecule has 190 valence electrons. The van der Waals surface area contributed by atoms with E-state index in [9.17, 15) is 27.6 Å². The van der Waals surface area contributed by atoms with Crippen molar-refractivity contribution in [3.63, 3.8) is 0 Å². The van der Waals surface area contributed by atoms with E-state index in [1.165, 1.54) is 31.8 Å². The zero-order valence-electron chi connectivity index (χ0n) is 19.4. The molecule has 3 heterocycles. The van der Waals surface area contributed by atoms with Crippen molar-refractivity contribution < 1.29 is 37.0 Å². The van der Waals surface area contributed by atoms with Gasteiger partial charge in [-0.1, -0.05) is 0 Å². The second kappa shape index (κ2) is 10.7. The first-order valence-corrected chi connectivity index (χ1v) is 11.1. The second-order valence-electron chi connectivity index (χ2n) is 7.50. The van der Waals surface area contributed by atoms with Gasteiger partial charge in [-0.25, -0.2) is 24.4 Å². The number of nitrogens with zero attached hydrogens (tertiary/aromatic N) is 3. The summed E-state index contributed by atoms with van der Waals surface area (Å²) >= 11 is 0.627. The van der Waals surface area contributed by atoms with E-state index in [0.717, 1.165) is 12.5 Å². The zero-order chi connectivity index (χ0) is 26.6. The van der Waals surface area contributed by atoms with E-state index in [-0.39, 0.29) is 44.7 Å². The Balaban J connectivity index is 2.32. The summed E-state index contributed by atoms with van der Waals surface area (Å²) < 4.78 is 49.6. The standard InChI is InChI=1S/C22H20F3N5O5S/c1-10(2)28-21(33)30-17-16(20(32)35-4)15(18-29-14(9-36-18)22(23,24)25)13(8-27-17)11-5-12(7-26-6-11)19(31)34-3/h5-10H,1-4H3,(H2,27,28,30,33). The van der Waals surface area contributed by atoms with Gasteiger partial charge in [0.2, 0.25) is 0 Å². The van der Waals surface area contributed by atoms with Gasteiger partial charge in [-0.2, -0.15) is 13.2 Å². The van der Waals surface area contributed by atoms with Crippen LogP contribution in [0, 0.1) is 0 Å². The summed E-state index contributed by atoms with van der Waals surface area (Å²) in [6.45, 7) is 3.41. The van der Waals surface area contributed by atoms with Crippen molar-refractivity contribution in [2.24, 2.45) is 0 Å². The molecule has 3 aromatic rings. The molecular weight excluding hydrogens is 503 g/mol. The summed E-state index contributed by atoms with van der Waals surface area (Å²) in [5, 5.41) is 5.59. The van der Waals surface area contributed by atoms with Crippen LogP contribution in [0.15, 0.2) is 30.0 Å². The molecule has 2 N–H and O–H groups in total. The van der Waals surface area contributed by atoms with Crippen molar-refractivity contribution >= 4 is 35.1 Å². The van der Waals surface area contributed by atoms with E-state index in [4.69, 9.17) is 9.47 Å². The van der Waals surface area contributed by atoms with Crippen molar-refractivity contribution in [3.05, 3.63) is 46.9 Å². The zero-order valence-corrected chi connectivity index (χ0v) is 20.2. The predicted octanol–water partition coefficient (Wildman–Crippen LogP) is 4.39. The molecule has 0 atom stereocenters. The number of carbonyl (C=O) groups is 3. The Bertz CT molecular complexity index is 1310. The predicted molar refractivity (Wildman–Crippen MR) is 124 cm³/mol. The number of nitrogens with one attached hydrogen (secondary N) is 2. The Morgan fingerprint density at radius 2 is 1.75 bits per heavy atom. The van der Waals surface area contributed by atoms with Crippen LogP contribution in [0.4, 0.5) is 23.8 Å². The van der Waals surface area contributed by atoms with E-state index in [1.54, 1.807) is 13.8 Å². The molecule has 3 rings (SSSR count). The lowest BCUT2D eigenvalue weighted by molar-refractivity contribution is -0.140. The normalized spacial score (nSPS) is 11.2. The number of alkyl halides is 3. The first kappa shape index (κ1) is 26.5. The van der Waals surface area contributed by atoms with Gasteiger partial charge in [-0.05, 0) is 19.9 Å². The fourth-order valence-corrected chi connectivity index (χ4v) is 3.98. The highest BCUT2D eigenvalue weighted by Crippen LogP contribution is 2.41. The fraction of sp³-hybridized carbons (Fsp3) is 0.273. The third kappa shape index (κ3) is 5.76. The second-order valence-corrected chi connectivity index (χ2v) is 8.36. The average Bonchev–Trinajstić information content (AvgIpc) is 3.33. The molecule has 0 unspecified atom stereocenters. The fourth-order valence-electron chi connectivity index (χ4n) is 3.09. The summed E-state index contributed by atoms with van der Waals surface area (Å²) in [6, 6.07) is 0.411. The summed E-state index contributed by atoms with van der Waals surface area (Å²) in [6.07, 6.45) is -0.955. The minimum Gasteiger partial charge on any atom is -0.465 e. The lowest BCUT2D eigenvalue weighted by Crippen LogP contribution is -2.35. The number of thiazole rings is 1. The van der Waals surface area contributed by atoms with E-state index < -0.39 is 29.8 Å². The number of halogens is 3. The third-order valence-corrected chi connectivity index (χ3v) is 5.46. The highest BCUT2D eigenvalue weighted by molar-refractivity contribution is 7.13. The summed E-state index contributed by atoms with van der Waals surface area (Å²) in [5.74, 6) is -1.95. The number of hydrogen-bond acceptors (Lipinski definition) is 9. The number of anilines is 1. The highest BCUT2D eigenvalue weighted by atomic mass is 32.1. The van der Waals surface area contributed by atoms with Gasteiger partial charge in [-0.3, -0.25) is 10.3 Å². The molecule has 10 nitrogen and oxygen atoms in total. The molecule has 0 fully saturated rings. The van der Waals surface area contributed by atoms with E-state index >= 15 is 0 Å². The van der Waals surface area contributed by atoms with Gasteiger partial charge < -0.3 is 14.8 Å². The molecule has 0 bridgehead atoms. The topological polar surface area (TPSA) is 132 Å². The molecule has 0 spiro atoms. The summed E-state index contributed by atoms with van der Waals surface area (Å²) in [4.78, 5) is 49.0. The maximum Gasteiger partial charge on any atom is 0.434 e. The lowest BCUT2D eigenvalue weighted by Gasteiger charge is -2.17. The SMILES string of the molecule is COC(=O)c1cncc(-c2cnc(NC(=O)NC(C)C)c(C(=O)OC)c2-c2nc(C(F)(F)F)cs2)c1. The lowest BCUT2D eigenvalue weighted by atomic mass is 9.97. The Kier molecular flexibility index (Phi) is 7.87. The number of aromatic nitrogens is 3. The van der Waals surface area contributed by atoms with Gasteiger partial charge in [0.25, 0.3) is 0 Å². The minimum atomic E-state index is -4.74. The Hall–Kier alpha value is -4.07. The van der Waals surface area contributed by atoms with Gasteiger partial charge >= 0.3 is 24.1 Å². The van der Waals surface area contributed by atoms with Crippen molar-refractivity contribution in [2.45, 2.75) is 26.1 Å². The molecule has 0 aliphatic rings. The molecule has 3 aromatic heterocycles. The average molecular weight is 523 g/mol. The summed E-state index contributed by atoms with van der Waals surface area (Å²) in [7, 11) is 2.24. The molecule has 0 aliphatic carbocycles. The number of methoxy groups -OCH3 is 2. The maximum atomic E-state index is 13.3. The first-order chi connectivity index (χ1) is 17.0. The molecule has 0 radical (unpaired) electrons. The van der Waals surface area contributed by atoms with Crippen LogP contribution in [0.3, 0.4) is 0 Å². The van der Waals surface area contributed by atoms with E-state index in [0.29, 0.717) is 11.3 Å². The van der Waals surface area contributed by atoms with Gasteiger partial charge in [0.1, 0.15) is 16.4 Å². The monoisotopic (exact) mass is 523 g/mol. The van der Waals surface area contributed by atoms with Crippen LogP contribution in [0.1, 0.15) is 40.3 Å². The number of hydrogen-bond donors (Lipinski definition) is 2. The Morgan fingerprint density at radius 3 is 2.33 bits per heavy atom. The van der Waals surface area contributed by atoms with Crippen LogP contribution in [0.2, 0.25) is 0 Å². The number of rotatable bonds is 6. The highest BCUT2D eigenvalue weighted by Gasteiger charge is 2.35. The molecule has 36 heavy (non-hydrogen) atoms. The molecule has 2 amide bonds. The number of carbonyl (C=O) groups excluding carboxylic acids is 3. The van der Waals surface area contributed by atoms with E-state index in [1.807, 2.05) is 0 Å². The van der Waals surface area contributed by atoms with Crippen LogP contribution in [-0.2, 0) is 15.7 Å². The Morgan fingerprint density at radius 1 is 1.06 bits per heavy atom. The van der Waals surface area contributed by atoms with Gasteiger partial charge in [-0.15, -0.1) is 11.3 Å². The quantitative estimate of drug-likeness (QED) is 0.455. The number of pyridine rings is 2. The van der Waals surface area contributed by atoms with Crippen molar-refractivity contribution in [1.82, 2.24) is 20.3 Å². The van der Waals surface area contributed by atoms with Gasteiger partial charge in [0.05, 0.1) is 19.8 Å². The van der Waals surface area contributed by atoms with E-state index in [2.05, 4.69) is 25.6 Å². The smallest absolute Gasteiger partial charge is 0.434 e. The van der Waals surface area contributed by atoms with Gasteiger partial charge in [0.15, 0.2) is 5.69 Å². The van der Waals surface area contributed by atoms with Crippen LogP contribution < -0.4 is 10.6 Å². The van der Waals surface area contributed by atoms with Crippen LogP contribution in [-0.4, -0.2) is 53.2 Å². The molecule has 0 saturated carbocycles. The number of amides is 2. The summed E-state index contributed by atoms with van der Waals surface area (Å²) in [5.41, 5.74) is -1.20. The van der Waals surface area contributed by atoms with Crippen molar-refractivity contribution in [2.75, 3.05) is 19.5 Å². The van der Waals surface area contributed by atoms with Crippen LogP contribution >= 0.6 is 11.3 Å². The number of urea groups is 1. The van der Waals surface area contributed by atoms with Crippen LogP contribution in [0.25, 0.3) is 21.7 Å². The first-order valence-electron chi connectivity index (χ1n) is 10.2. The Labute approximate surface area is 206 Å². The minimum absolute atomic E-state index is 0.0502. The third-order valence-electron chi connectivity index (χ3n) is 4.60. The van der Waals surface area contributed by atoms with Crippen molar-refractivity contribution in [3.8, 4) is 21.7 Å². The number of esters is 2. The van der Waals surface area contributed by atoms with Crippen molar-refractivity contribution in [1.29, 1.82) is 0 Å². The maximum absolute atomic E-state index is 13.3. The van der Waals surface area contributed by atoms with Crippen LogP contribution in [0.5, 0.6) is 0 Å². The largest absolute Gasteiger partial charge is 0.465 e.